The average molecular weight is 396 g/mol. The van der Waals surface area contributed by atoms with E-state index in [-0.39, 0.29) is 6.54 Å². The Morgan fingerprint density at radius 1 is 1.27 bits per heavy atom. The molecule has 0 spiro atoms. The third kappa shape index (κ3) is 5.57. The van der Waals surface area contributed by atoms with Crippen molar-refractivity contribution in [1.82, 2.24) is 5.43 Å². The third-order valence-electron chi connectivity index (χ3n) is 3.35. The van der Waals surface area contributed by atoms with Crippen molar-refractivity contribution in [1.29, 1.82) is 0 Å². The minimum Gasteiger partial charge on any atom is -0.494 e. The van der Waals surface area contributed by atoms with Gasteiger partial charge < -0.3 is 4.74 Å². The minimum atomic E-state index is -3.63. The van der Waals surface area contributed by atoms with Gasteiger partial charge in [-0.2, -0.15) is 5.10 Å². The fourth-order valence-corrected chi connectivity index (χ4v) is 3.66. The fraction of sp³-hybridized carbons (Fsp3) is 0.294. The molecule has 0 fully saturated rings. The molecule has 2 rings (SSSR count). The summed E-state index contributed by atoms with van der Waals surface area (Å²) in [4.78, 5) is 13.1. The van der Waals surface area contributed by atoms with Crippen molar-refractivity contribution >= 4 is 38.7 Å². The molecular weight excluding hydrogens is 374 g/mol. The van der Waals surface area contributed by atoms with Gasteiger partial charge in [0.25, 0.3) is 5.91 Å². The first-order chi connectivity index (χ1) is 12.3. The maximum Gasteiger partial charge on any atom is 0.260 e. The van der Waals surface area contributed by atoms with Crippen LogP contribution in [0.3, 0.4) is 0 Å². The highest BCUT2D eigenvalue weighted by Gasteiger charge is 2.20. The van der Waals surface area contributed by atoms with Crippen molar-refractivity contribution in [3.8, 4) is 5.75 Å². The second kappa shape index (κ2) is 8.81. The first-order valence-corrected chi connectivity index (χ1v) is 10.6. The molecule has 0 bridgehead atoms. The van der Waals surface area contributed by atoms with Gasteiger partial charge in [-0.1, -0.05) is 6.07 Å². The van der Waals surface area contributed by atoms with Crippen LogP contribution in [0.4, 0.5) is 5.69 Å². The maximum absolute atomic E-state index is 12.2. The monoisotopic (exact) mass is 395 g/mol. The van der Waals surface area contributed by atoms with Crippen LogP contribution >= 0.6 is 11.3 Å². The van der Waals surface area contributed by atoms with Crippen molar-refractivity contribution in [2.45, 2.75) is 13.8 Å². The van der Waals surface area contributed by atoms with E-state index in [1.165, 1.54) is 11.3 Å². The Morgan fingerprint density at radius 3 is 2.50 bits per heavy atom. The Kier molecular flexibility index (Phi) is 6.76. The molecule has 26 heavy (non-hydrogen) atoms. The van der Waals surface area contributed by atoms with Gasteiger partial charge in [0.2, 0.25) is 10.0 Å². The number of thiophene rings is 1. The van der Waals surface area contributed by atoms with Gasteiger partial charge in [0.15, 0.2) is 0 Å². The summed E-state index contributed by atoms with van der Waals surface area (Å²) >= 11 is 1.50. The molecule has 9 heteroatoms. The average Bonchev–Trinajstić information content (AvgIpc) is 3.12. The molecule has 0 aliphatic rings. The van der Waals surface area contributed by atoms with Crippen molar-refractivity contribution in [2.75, 3.05) is 23.7 Å². The molecule has 1 aromatic heterocycles. The van der Waals surface area contributed by atoms with E-state index >= 15 is 0 Å². The number of amides is 1. The lowest BCUT2D eigenvalue weighted by Crippen LogP contribution is -2.39. The van der Waals surface area contributed by atoms with Gasteiger partial charge in [-0.25, -0.2) is 13.8 Å². The molecule has 0 saturated carbocycles. The lowest BCUT2D eigenvalue weighted by molar-refractivity contribution is -0.119. The number of anilines is 1. The molecule has 1 aromatic carbocycles. The molecule has 0 saturated heterocycles. The summed E-state index contributed by atoms with van der Waals surface area (Å²) in [5, 5.41) is 5.93. The van der Waals surface area contributed by atoms with Crippen LogP contribution in [0.25, 0.3) is 0 Å². The lowest BCUT2D eigenvalue weighted by atomic mass is 10.3. The van der Waals surface area contributed by atoms with Gasteiger partial charge in [0, 0.05) is 4.88 Å². The SMILES string of the molecule is CCOc1ccc(N(CC(=O)NN=C(C)c2cccs2)S(C)(=O)=O)cc1. The predicted octanol–water partition coefficient (Wildman–Crippen LogP) is 2.45. The molecule has 140 valence electrons. The van der Waals surface area contributed by atoms with Crippen LogP contribution < -0.4 is 14.5 Å². The van der Waals surface area contributed by atoms with Crippen LogP contribution in [0.15, 0.2) is 46.9 Å². The van der Waals surface area contributed by atoms with Crippen LogP contribution in [0.2, 0.25) is 0 Å². The van der Waals surface area contributed by atoms with E-state index in [4.69, 9.17) is 4.74 Å². The van der Waals surface area contributed by atoms with Gasteiger partial charge >= 0.3 is 0 Å². The zero-order valence-electron chi connectivity index (χ0n) is 14.8. The summed E-state index contributed by atoms with van der Waals surface area (Å²) in [5.41, 5.74) is 3.43. The fourth-order valence-electron chi connectivity index (χ4n) is 2.13. The Bertz CT molecular complexity index is 860. The van der Waals surface area contributed by atoms with Crippen LogP contribution in [0, 0.1) is 0 Å². The molecule has 0 unspecified atom stereocenters. The summed E-state index contributed by atoms with van der Waals surface area (Å²) in [7, 11) is -3.63. The smallest absolute Gasteiger partial charge is 0.260 e. The minimum absolute atomic E-state index is 0.367. The number of hydrogen-bond acceptors (Lipinski definition) is 6. The van der Waals surface area contributed by atoms with E-state index in [0.29, 0.717) is 23.8 Å². The molecule has 0 radical (unpaired) electrons. The van der Waals surface area contributed by atoms with Gasteiger partial charge in [0.1, 0.15) is 12.3 Å². The number of benzene rings is 1. The van der Waals surface area contributed by atoms with Crippen molar-refractivity contribution in [3.05, 3.63) is 46.7 Å². The molecule has 7 nitrogen and oxygen atoms in total. The van der Waals surface area contributed by atoms with E-state index in [2.05, 4.69) is 10.5 Å². The highest BCUT2D eigenvalue weighted by Crippen LogP contribution is 2.21. The Labute approximate surface area is 157 Å². The number of carbonyl (C=O) groups is 1. The first-order valence-electron chi connectivity index (χ1n) is 7.89. The standard InChI is InChI=1S/C17H21N3O4S2/c1-4-24-15-9-7-14(8-10-15)20(26(3,22)23)12-17(21)19-18-13(2)16-6-5-11-25-16/h5-11H,4,12H2,1-3H3,(H,19,21). The van der Waals surface area contributed by atoms with Crippen molar-refractivity contribution < 1.29 is 17.9 Å². The summed E-state index contributed by atoms with van der Waals surface area (Å²) in [6.45, 7) is 3.78. The highest BCUT2D eigenvalue weighted by atomic mass is 32.2. The molecular formula is C17H21N3O4S2. The maximum atomic E-state index is 12.2. The lowest BCUT2D eigenvalue weighted by Gasteiger charge is -2.21. The molecule has 2 aromatic rings. The number of hydrogen-bond donors (Lipinski definition) is 1. The molecule has 0 aliphatic carbocycles. The second-order valence-electron chi connectivity index (χ2n) is 5.41. The number of sulfonamides is 1. The third-order valence-corrected chi connectivity index (χ3v) is 5.47. The van der Waals surface area contributed by atoms with Crippen LogP contribution in [-0.4, -0.2) is 39.4 Å². The van der Waals surface area contributed by atoms with Crippen LogP contribution in [0.1, 0.15) is 18.7 Å². The Balaban J connectivity index is 2.10. The summed E-state index contributed by atoms with van der Waals surface area (Å²) in [5.74, 6) is 0.102. The van der Waals surface area contributed by atoms with Crippen LogP contribution in [-0.2, 0) is 14.8 Å². The zero-order chi connectivity index (χ0) is 19.2. The molecule has 0 aliphatic heterocycles. The predicted molar refractivity (Wildman–Crippen MR) is 104 cm³/mol. The molecule has 1 N–H and O–H groups in total. The quantitative estimate of drug-likeness (QED) is 0.549. The van der Waals surface area contributed by atoms with Crippen molar-refractivity contribution in [3.63, 3.8) is 0 Å². The second-order valence-corrected chi connectivity index (χ2v) is 8.26. The number of hydrazone groups is 1. The topological polar surface area (TPSA) is 88.1 Å². The Morgan fingerprint density at radius 2 is 1.96 bits per heavy atom. The number of carbonyl (C=O) groups excluding carboxylic acids is 1. The normalized spacial score (nSPS) is 11.9. The summed E-state index contributed by atoms with van der Waals surface area (Å²) < 4.78 is 30.5. The molecule has 1 amide bonds. The van der Waals surface area contributed by atoms with E-state index in [9.17, 15) is 13.2 Å². The van der Waals surface area contributed by atoms with Gasteiger partial charge in [-0.15, -0.1) is 11.3 Å². The number of nitrogens with zero attached hydrogens (tertiary/aromatic N) is 2. The first kappa shape index (κ1) is 19.9. The molecule has 1 heterocycles. The molecule has 0 atom stereocenters. The van der Waals surface area contributed by atoms with E-state index in [0.717, 1.165) is 15.4 Å². The van der Waals surface area contributed by atoms with E-state index < -0.39 is 15.9 Å². The van der Waals surface area contributed by atoms with Crippen molar-refractivity contribution in [2.24, 2.45) is 5.10 Å². The Hall–Kier alpha value is -2.39. The highest BCUT2D eigenvalue weighted by molar-refractivity contribution is 7.92. The van der Waals surface area contributed by atoms with Crippen LogP contribution in [0.5, 0.6) is 5.75 Å². The van der Waals surface area contributed by atoms with Gasteiger partial charge in [-0.05, 0) is 49.6 Å². The largest absolute Gasteiger partial charge is 0.494 e. The summed E-state index contributed by atoms with van der Waals surface area (Å²) in [6, 6.07) is 10.3. The number of rotatable bonds is 8. The van der Waals surface area contributed by atoms with Gasteiger partial charge in [0.05, 0.1) is 24.3 Å². The number of nitrogens with one attached hydrogen (secondary N) is 1. The van der Waals surface area contributed by atoms with Gasteiger partial charge in [-0.3, -0.25) is 9.10 Å². The zero-order valence-corrected chi connectivity index (χ0v) is 16.4. The number of ether oxygens (including phenoxy) is 1. The van der Waals surface area contributed by atoms with E-state index in [1.54, 1.807) is 31.2 Å². The van der Waals surface area contributed by atoms with E-state index in [1.807, 2.05) is 24.4 Å². The summed E-state index contributed by atoms with van der Waals surface area (Å²) in [6.07, 6.45) is 1.05.